The van der Waals surface area contributed by atoms with Crippen molar-refractivity contribution in [2.45, 2.75) is 20.0 Å². The van der Waals surface area contributed by atoms with Crippen LogP contribution in [0.15, 0.2) is 67.0 Å². The van der Waals surface area contributed by atoms with Crippen LogP contribution in [-0.4, -0.2) is 20.7 Å². The van der Waals surface area contributed by atoms with E-state index in [2.05, 4.69) is 15.4 Å². The number of amides is 1. The first-order chi connectivity index (χ1) is 13.6. The highest BCUT2D eigenvalue weighted by molar-refractivity contribution is 6.31. The number of nitrogens with zero attached hydrogens (tertiary/aromatic N) is 3. The molecule has 28 heavy (non-hydrogen) atoms. The monoisotopic (exact) mass is 390 g/mol. The molecule has 0 spiro atoms. The first kappa shape index (κ1) is 18.2. The van der Waals surface area contributed by atoms with Crippen LogP contribution in [0, 0.1) is 6.92 Å². The van der Waals surface area contributed by atoms with Crippen LogP contribution in [0.5, 0.6) is 0 Å². The van der Waals surface area contributed by atoms with Crippen molar-refractivity contribution in [2.75, 3.05) is 0 Å². The molecule has 1 amide bonds. The summed E-state index contributed by atoms with van der Waals surface area (Å²) >= 11 is 6.07. The first-order valence-corrected chi connectivity index (χ1v) is 9.37. The zero-order valence-corrected chi connectivity index (χ0v) is 16.1. The minimum atomic E-state index is -0.152. The molecule has 2 aromatic heterocycles. The van der Waals surface area contributed by atoms with Gasteiger partial charge in [-0.2, -0.15) is 5.10 Å². The van der Waals surface area contributed by atoms with Crippen LogP contribution >= 0.6 is 11.6 Å². The number of hydrogen-bond donors (Lipinski definition) is 1. The molecule has 0 aliphatic rings. The number of aryl methyl sites for hydroxylation is 1. The summed E-state index contributed by atoms with van der Waals surface area (Å²) in [6.07, 6.45) is 3.68. The molecule has 0 saturated heterocycles. The predicted octanol–water partition coefficient (Wildman–Crippen LogP) is 4.37. The van der Waals surface area contributed by atoms with E-state index in [-0.39, 0.29) is 5.91 Å². The second kappa shape index (κ2) is 7.82. The average Bonchev–Trinajstić information content (AvgIpc) is 3.20. The van der Waals surface area contributed by atoms with Gasteiger partial charge in [0.25, 0.3) is 5.91 Å². The molecule has 5 nitrogen and oxygen atoms in total. The van der Waals surface area contributed by atoms with E-state index in [1.54, 1.807) is 12.3 Å². The van der Waals surface area contributed by atoms with E-state index in [0.29, 0.717) is 29.4 Å². The van der Waals surface area contributed by atoms with Crippen LogP contribution in [0.25, 0.3) is 10.9 Å². The highest BCUT2D eigenvalue weighted by Gasteiger charge is 2.13. The average molecular weight is 391 g/mol. The van der Waals surface area contributed by atoms with E-state index in [1.807, 2.05) is 66.3 Å². The molecule has 0 saturated carbocycles. The third-order valence-corrected chi connectivity index (χ3v) is 4.90. The highest BCUT2D eigenvalue weighted by atomic mass is 35.5. The van der Waals surface area contributed by atoms with E-state index in [1.165, 1.54) is 0 Å². The Hall–Kier alpha value is -3.18. The molecule has 4 rings (SSSR count). The van der Waals surface area contributed by atoms with Crippen molar-refractivity contribution < 1.29 is 4.79 Å². The van der Waals surface area contributed by atoms with Crippen molar-refractivity contribution in [3.05, 3.63) is 94.4 Å². The molecule has 0 radical (unpaired) electrons. The SMILES string of the molecule is Cc1nc2ccc(Cl)cc2cc1C(=O)NCc1ccccc1Cn1cccn1. The van der Waals surface area contributed by atoms with Gasteiger partial charge in [0, 0.05) is 29.3 Å². The van der Waals surface area contributed by atoms with Gasteiger partial charge in [-0.25, -0.2) is 0 Å². The number of halogens is 1. The van der Waals surface area contributed by atoms with Gasteiger partial charge in [0.15, 0.2) is 0 Å². The molecule has 1 N–H and O–H groups in total. The van der Waals surface area contributed by atoms with Crippen LogP contribution in [-0.2, 0) is 13.1 Å². The number of carbonyl (C=O) groups is 1. The number of nitrogens with one attached hydrogen (secondary N) is 1. The predicted molar refractivity (Wildman–Crippen MR) is 110 cm³/mol. The molecule has 4 aromatic rings. The number of pyridine rings is 1. The lowest BCUT2D eigenvalue weighted by Gasteiger charge is -2.12. The Morgan fingerprint density at radius 1 is 1.11 bits per heavy atom. The van der Waals surface area contributed by atoms with Crippen LogP contribution in [0.3, 0.4) is 0 Å². The summed E-state index contributed by atoms with van der Waals surface area (Å²) in [5, 5.41) is 8.74. The van der Waals surface area contributed by atoms with Crippen molar-refractivity contribution in [3.8, 4) is 0 Å². The maximum absolute atomic E-state index is 12.8. The molecule has 0 unspecified atom stereocenters. The molecule has 0 aliphatic heterocycles. The Morgan fingerprint density at radius 3 is 2.71 bits per heavy atom. The second-order valence-electron chi connectivity index (χ2n) is 6.61. The van der Waals surface area contributed by atoms with Crippen LogP contribution in [0.4, 0.5) is 0 Å². The van der Waals surface area contributed by atoms with E-state index in [4.69, 9.17) is 11.6 Å². The summed E-state index contributed by atoms with van der Waals surface area (Å²) in [6, 6.07) is 17.2. The van der Waals surface area contributed by atoms with E-state index in [9.17, 15) is 4.79 Å². The number of hydrogen-bond acceptors (Lipinski definition) is 3. The fourth-order valence-corrected chi connectivity index (χ4v) is 3.38. The summed E-state index contributed by atoms with van der Waals surface area (Å²) < 4.78 is 1.86. The summed E-state index contributed by atoms with van der Waals surface area (Å²) in [4.78, 5) is 17.3. The minimum Gasteiger partial charge on any atom is -0.348 e. The molecule has 0 aliphatic carbocycles. The maximum Gasteiger partial charge on any atom is 0.253 e. The van der Waals surface area contributed by atoms with E-state index >= 15 is 0 Å². The summed E-state index contributed by atoms with van der Waals surface area (Å²) in [5.41, 5.74) is 4.24. The van der Waals surface area contributed by atoms with Gasteiger partial charge in [-0.1, -0.05) is 35.9 Å². The lowest BCUT2D eigenvalue weighted by atomic mass is 10.1. The Bertz CT molecular complexity index is 1140. The minimum absolute atomic E-state index is 0.152. The summed E-state index contributed by atoms with van der Waals surface area (Å²) in [7, 11) is 0. The zero-order valence-electron chi connectivity index (χ0n) is 15.4. The van der Waals surface area contributed by atoms with Crippen LogP contribution < -0.4 is 5.32 Å². The molecular weight excluding hydrogens is 372 g/mol. The number of benzene rings is 2. The maximum atomic E-state index is 12.8. The molecule has 6 heteroatoms. The number of carbonyl (C=O) groups excluding carboxylic acids is 1. The van der Waals surface area contributed by atoms with Crippen molar-refractivity contribution in [1.82, 2.24) is 20.1 Å². The Balaban J connectivity index is 1.54. The molecule has 0 atom stereocenters. The molecular formula is C22H19ClN4O. The van der Waals surface area contributed by atoms with E-state index in [0.717, 1.165) is 22.0 Å². The Kier molecular flexibility index (Phi) is 5.08. The van der Waals surface area contributed by atoms with Gasteiger partial charge in [0.1, 0.15) is 0 Å². The van der Waals surface area contributed by atoms with Gasteiger partial charge in [-0.15, -0.1) is 0 Å². The topological polar surface area (TPSA) is 59.8 Å². The fraction of sp³-hybridized carbons (Fsp3) is 0.136. The van der Waals surface area contributed by atoms with Crippen molar-refractivity contribution in [2.24, 2.45) is 0 Å². The number of aromatic nitrogens is 3. The fourth-order valence-electron chi connectivity index (χ4n) is 3.20. The van der Waals surface area contributed by atoms with Gasteiger partial charge in [-0.3, -0.25) is 14.5 Å². The molecule has 140 valence electrons. The lowest BCUT2D eigenvalue weighted by Crippen LogP contribution is -2.24. The highest BCUT2D eigenvalue weighted by Crippen LogP contribution is 2.21. The molecule has 2 aromatic carbocycles. The van der Waals surface area contributed by atoms with Gasteiger partial charge >= 0.3 is 0 Å². The molecule has 0 fully saturated rings. The molecule has 2 heterocycles. The normalized spacial score (nSPS) is 10.9. The smallest absolute Gasteiger partial charge is 0.253 e. The number of rotatable bonds is 5. The molecule has 0 bridgehead atoms. The van der Waals surface area contributed by atoms with Crippen molar-refractivity contribution >= 4 is 28.4 Å². The van der Waals surface area contributed by atoms with Gasteiger partial charge in [-0.05, 0) is 48.4 Å². The van der Waals surface area contributed by atoms with Gasteiger partial charge < -0.3 is 5.32 Å². The Morgan fingerprint density at radius 2 is 1.93 bits per heavy atom. The standard InChI is InChI=1S/C22H19ClN4O/c1-15-20(12-18-11-19(23)7-8-21(18)26-15)22(28)24-13-16-5-2-3-6-17(16)14-27-10-4-9-25-27/h2-12H,13-14H2,1H3,(H,24,28). The van der Waals surface area contributed by atoms with Crippen LogP contribution in [0.2, 0.25) is 5.02 Å². The third-order valence-electron chi connectivity index (χ3n) is 4.66. The van der Waals surface area contributed by atoms with Crippen molar-refractivity contribution in [3.63, 3.8) is 0 Å². The van der Waals surface area contributed by atoms with Crippen molar-refractivity contribution in [1.29, 1.82) is 0 Å². The second-order valence-corrected chi connectivity index (χ2v) is 7.05. The zero-order chi connectivity index (χ0) is 19.5. The lowest BCUT2D eigenvalue weighted by molar-refractivity contribution is 0.0950. The first-order valence-electron chi connectivity index (χ1n) is 8.99. The largest absolute Gasteiger partial charge is 0.348 e. The van der Waals surface area contributed by atoms with Gasteiger partial charge in [0.2, 0.25) is 0 Å². The van der Waals surface area contributed by atoms with Gasteiger partial charge in [0.05, 0.1) is 23.3 Å². The Labute approximate surface area is 168 Å². The van der Waals surface area contributed by atoms with Crippen LogP contribution in [0.1, 0.15) is 27.2 Å². The quantitative estimate of drug-likeness (QED) is 0.550. The third kappa shape index (κ3) is 3.89. The summed E-state index contributed by atoms with van der Waals surface area (Å²) in [5.74, 6) is -0.152. The van der Waals surface area contributed by atoms with E-state index < -0.39 is 0 Å². The summed E-state index contributed by atoms with van der Waals surface area (Å²) in [6.45, 7) is 2.94. The number of fused-ring (bicyclic) bond motifs is 1.